The molecular weight excluding hydrogens is 323 g/mol. The number of alkyl halides is 3. The third-order valence-corrected chi connectivity index (χ3v) is 4.52. The van der Waals surface area contributed by atoms with Crippen LogP contribution < -0.4 is 5.32 Å². The molecule has 2 amide bonds. The highest BCUT2D eigenvalue weighted by Gasteiger charge is 2.53. The summed E-state index contributed by atoms with van der Waals surface area (Å²) in [5.74, 6) is -5.22. The molecule has 0 aromatic carbocycles. The van der Waals surface area contributed by atoms with Gasteiger partial charge in [-0.1, -0.05) is 0 Å². The summed E-state index contributed by atoms with van der Waals surface area (Å²) >= 11 is 1.33. The lowest BCUT2D eigenvalue weighted by atomic mass is 9.96. The summed E-state index contributed by atoms with van der Waals surface area (Å²) in [4.78, 5) is 28.6. The molecule has 2 N–H and O–H groups in total. The van der Waals surface area contributed by atoms with Crippen molar-refractivity contribution in [3.8, 4) is 0 Å². The molecule has 1 fully saturated rings. The number of thiazole rings is 1. The average molecular weight is 337 g/mol. The van der Waals surface area contributed by atoms with E-state index in [1.165, 1.54) is 11.3 Å². The number of carbonyl (C=O) groups excluding carboxylic acids is 1. The third-order valence-electron chi connectivity index (χ3n) is 3.59. The van der Waals surface area contributed by atoms with Crippen LogP contribution in [0, 0.1) is 18.8 Å². The van der Waals surface area contributed by atoms with Crippen molar-refractivity contribution in [1.82, 2.24) is 15.2 Å². The molecule has 2 atom stereocenters. The summed E-state index contributed by atoms with van der Waals surface area (Å²) in [5.41, 5.74) is 2.34. The number of amides is 2. The number of halogens is 3. The monoisotopic (exact) mass is 337 g/mol. The van der Waals surface area contributed by atoms with Crippen LogP contribution in [0.15, 0.2) is 5.51 Å². The first-order valence-electron chi connectivity index (χ1n) is 6.41. The van der Waals surface area contributed by atoms with Crippen LogP contribution in [-0.2, 0) is 11.3 Å². The van der Waals surface area contributed by atoms with Gasteiger partial charge < -0.3 is 15.3 Å². The number of aryl methyl sites for hydroxylation is 1. The van der Waals surface area contributed by atoms with Crippen LogP contribution >= 0.6 is 11.3 Å². The van der Waals surface area contributed by atoms with Gasteiger partial charge in [-0.05, 0) is 6.92 Å². The predicted octanol–water partition coefficient (Wildman–Crippen LogP) is 1.86. The average Bonchev–Trinajstić information content (AvgIpc) is 3.01. The van der Waals surface area contributed by atoms with Crippen molar-refractivity contribution in [3.63, 3.8) is 0 Å². The fourth-order valence-electron chi connectivity index (χ4n) is 2.32. The molecule has 1 aliphatic rings. The van der Waals surface area contributed by atoms with E-state index in [0.29, 0.717) is 0 Å². The van der Waals surface area contributed by atoms with E-state index in [1.54, 1.807) is 12.4 Å². The molecular formula is C12H14F3N3O3S. The summed E-state index contributed by atoms with van der Waals surface area (Å²) in [6.07, 6.45) is -4.65. The van der Waals surface area contributed by atoms with Crippen molar-refractivity contribution < 1.29 is 27.9 Å². The van der Waals surface area contributed by atoms with Crippen LogP contribution in [0.3, 0.4) is 0 Å². The Labute approximate surface area is 127 Å². The van der Waals surface area contributed by atoms with Crippen LogP contribution in [0.4, 0.5) is 18.0 Å². The molecule has 10 heteroatoms. The second-order valence-electron chi connectivity index (χ2n) is 5.02. The minimum Gasteiger partial charge on any atom is -0.481 e. The number of nitrogens with one attached hydrogen (secondary N) is 1. The molecule has 6 nitrogen and oxygen atoms in total. The Morgan fingerprint density at radius 1 is 1.50 bits per heavy atom. The van der Waals surface area contributed by atoms with E-state index >= 15 is 0 Å². The highest BCUT2D eigenvalue weighted by molar-refractivity contribution is 7.09. The molecule has 1 saturated heterocycles. The van der Waals surface area contributed by atoms with E-state index in [9.17, 15) is 22.8 Å². The second kappa shape index (κ2) is 6.11. The maximum absolute atomic E-state index is 12.8. The molecule has 2 rings (SSSR count). The molecule has 2 heterocycles. The number of rotatable bonds is 3. The number of likely N-dealkylation sites (tertiary alicyclic amines) is 1. The first-order valence-corrected chi connectivity index (χ1v) is 7.29. The van der Waals surface area contributed by atoms with Crippen molar-refractivity contribution in [2.24, 2.45) is 11.8 Å². The number of hydrogen-bond donors (Lipinski definition) is 2. The summed E-state index contributed by atoms with van der Waals surface area (Å²) in [5, 5.41) is 11.4. The molecule has 0 spiro atoms. The lowest BCUT2D eigenvalue weighted by molar-refractivity contribution is -0.187. The van der Waals surface area contributed by atoms with E-state index in [2.05, 4.69) is 10.3 Å². The minimum absolute atomic E-state index is 0.153. The van der Waals surface area contributed by atoms with Gasteiger partial charge in [0.1, 0.15) is 0 Å². The largest absolute Gasteiger partial charge is 0.481 e. The van der Waals surface area contributed by atoms with Crippen molar-refractivity contribution in [1.29, 1.82) is 0 Å². The SMILES string of the molecule is Cc1ncsc1CNC(=O)N1C[C@@H](C(F)(F)F)[C@H](C(=O)O)C1. The fraction of sp³-hybridized carbons (Fsp3) is 0.583. The van der Waals surface area contributed by atoms with Gasteiger partial charge in [-0.3, -0.25) is 4.79 Å². The molecule has 122 valence electrons. The van der Waals surface area contributed by atoms with Crippen LogP contribution in [0.5, 0.6) is 0 Å². The van der Waals surface area contributed by atoms with E-state index < -0.39 is 43.1 Å². The number of hydrogen-bond acceptors (Lipinski definition) is 4. The Morgan fingerprint density at radius 2 is 2.18 bits per heavy atom. The Hall–Kier alpha value is -1.84. The van der Waals surface area contributed by atoms with Gasteiger partial charge in [0.2, 0.25) is 0 Å². The zero-order valence-electron chi connectivity index (χ0n) is 11.6. The number of aliphatic carboxylic acids is 1. The zero-order chi connectivity index (χ0) is 16.5. The van der Waals surface area contributed by atoms with E-state index in [0.717, 1.165) is 15.5 Å². The third kappa shape index (κ3) is 3.49. The normalized spacial score (nSPS) is 21.9. The van der Waals surface area contributed by atoms with Crippen LogP contribution in [0.1, 0.15) is 10.6 Å². The first-order chi connectivity index (χ1) is 10.2. The van der Waals surface area contributed by atoms with Gasteiger partial charge in [-0.25, -0.2) is 9.78 Å². The summed E-state index contributed by atoms with van der Waals surface area (Å²) in [7, 11) is 0. The standard InChI is InChI=1S/C12H14F3N3O3S/c1-6-9(22-5-17-6)2-16-11(21)18-3-7(10(19)20)8(4-18)12(13,14)15/h5,7-8H,2-4H2,1H3,(H,16,21)(H,19,20)/t7-,8-/m1/s1. The maximum Gasteiger partial charge on any atom is 0.394 e. The van der Waals surface area contributed by atoms with Crippen molar-refractivity contribution in [2.75, 3.05) is 13.1 Å². The highest BCUT2D eigenvalue weighted by atomic mass is 32.1. The molecule has 22 heavy (non-hydrogen) atoms. The van der Waals surface area contributed by atoms with Crippen molar-refractivity contribution >= 4 is 23.3 Å². The number of carboxylic acid groups (broad SMARTS) is 1. The number of nitrogens with zero attached hydrogens (tertiary/aromatic N) is 2. The van der Waals surface area contributed by atoms with Gasteiger partial charge in [0, 0.05) is 18.0 Å². The van der Waals surface area contributed by atoms with Gasteiger partial charge in [0.15, 0.2) is 0 Å². The lowest BCUT2D eigenvalue weighted by Crippen LogP contribution is -2.39. The molecule has 1 aromatic rings. The van der Waals surface area contributed by atoms with Crippen molar-refractivity contribution in [3.05, 3.63) is 16.1 Å². The van der Waals surface area contributed by atoms with Gasteiger partial charge >= 0.3 is 18.2 Å². The van der Waals surface area contributed by atoms with E-state index in [1.807, 2.05) is 0 Å². The molecule has 1 aliphatic heterocycles. The Kier molecular flexibility index (Phi) is 4.59. The van der Waals surface area contributed by atoms with Crippen LogP contribution in [-0.4, -0.2) is 46.3 Å². The minimum atomic E-state index is -4.65. The first kappa shape index (κ1) is 16.5. The number of carbonyl (C=O) groups is 2. The Bertz CT molecular complexity index is 575. The Balaban J connectivity index is 1.99. The molecule has 0 radical (unpaired) electrons. The van der Waals surface area contributed by atoms with E-state index in [-0.39, 0.29) is 6.54 Å². The van der Waals surface area contributed by atoms with Gasteiger partial charge in [0.05, 0.1) is 29.6 Å². The maximum atomic E-state index is 12.8. The van der Waals surface area contributed by atoms with Crippen molar-refractivity contribution in [2.45, 2.75) is 19.6 Å². The van der Waals surface area contributed by atoms with Gasteiger partial charge in [-0.15, -0.1) is 11.3 Å². The second-order valence-corrected chi connectivity index (χ2v) is 5.96. The van der Waals surface area contributed by atoms with Crippen LogP contribution in [0.2, 0.25) is 0 Å². The number of aromatic nitrogens is 1. The quantitative estimate of drug-likeness (QED) is 0.882. The Morgan fingerprint density at radius 3 is 2.64 bits per heavy atom. The number of carboxylic acids is 1. The topological polar surface area (TPSA) is 82.5 Å². The smallest absolute Gasteiger partial charge is 0.394 e. The lowest BCUT2D eigenvalue weighted by Gasteiger charge is -2.18. The summed E-state index contributed by atoms with van der Waals surface area (Å²) in [6.45, 7) is 0.815. The fourth-order valence-corrected chi connectivity index (χ4v) is 3.03. The van der Waals surface area contributed by atoms with Crippen LogP contribution in [0.25, 0.3) is 0 Å². The summed E-state index contributed by atoms with van der Waals surface area (Å²) in [6, 6.07) is -0.703. The molecule has 0 aliphatic carbocycles. The number of urea groups is 1. The summed E-state index contributed by atoms with van der Waals surface area (Å²) < 4.78 is 38.5. The highest BCUT2D eigenvalue weighted by Crippen LogP contribution is 2.37. The van der Waals surface area contributed by atoms with Gasteiger partial charge in [-0.2, -0.15) is 13.2 Å². The van der Waals surface area contributed by atoms with E-state index in [4.69, 9.17) is 5.11 Å². The predicted molar refractivity (Wildman–Crippen MR) is 71.3 cm³/mol. The zero-order valence-corrected chi connectivity index (χ0v) is 12.4. The molecule has 1 aromatic heterocycles. The molecule has 0 saturated carbocycles. The molecule has 0 unspecified atom stereocenters. The van der Waals surface area contributed by atoms with Gasteiger partial charge in [0.25, 0.3) is 0 Å². The molecule has 0 bridgehead atoms.